The fourth-order valence-electron chi connectivity index (χ4n) is 3.49. The Bertz CT molecular complexity index is 656. The average Bonchev–Trinajstić information content (AvgIpc) is 2.96. The van der Waals surface area contributed by atoms with Gasteiger partial charge in [0.15, 0.2) is 9.84 Å². The van der Waals surface area contributed by atoms with Crippen molar-refractivity contribution in [2.75, 3.05) is 43.4 Å². The molecule has 132 valence electrons. The van der Waals surface area contributed by atoms with Gasteiger partial charge in [-0.25, -0.2) is 8.42 Å². The van der Waals surface area contributed by atoms with E-state index in [2.05, 4.69) is 12.1 Å². The molecule has 2 fully saturated rings. The predicted octanol–water partition coefficient (Wildman–Crippen LogP) is -0.166. The van der Waals surface area contributed by atoms with E-state index in [4.69, 9.17) is 0 Å². The maximum Gasteiger partial charge on any atom is 0.232 e. The molecule has 1 amide bonds. The van der Waals surface area contributed by atoms with Crippen LogP contribution >= 0.6 is 11.8 Å². The van der Waals surface area contributed by atoms with Gasteiger partial charge >= 0.3 is 0 Å². The molecule has 5 nitrogen and oxygen atoms in total. The summed E-state index contributed by atoms with van der Waals surface area (Å²) in [5, 5.41) is 0. The van der Waals surface area contributed by atoms with Gasteiger partial charge in [0, 0.05) is 12.2 Å². The van der Waals surface area contributed by atoms with E-state index in [0.717, 1.165) is 38.4 Å². The van der Waals surface area contributed by atoms with Crippen LogP contribution < -0.4 is 4.90 Å². The Morgan fingerprint density at radius 2 is 1.92 bits per heavy atom. The van der Waals surface area contributed by atoms with E-state index in [1.807, 2.05) is 23.1 Å². The summed E-state index contributed by atoms with van der Waals surface area (Å²) in [6.45, 7) is 3.23. The standard InChI is InChI=1S/C17H24N2O3S2/c20-17(13-23-12-15-4-2-1-3-5-15)19-9-7-18(8-10-19)16-6-11-24(21,22)14-16/h1-5,16H,6-14H2/p+1/t16-/m0/s1. The van der Waals surface area contributed by atoms with Crippen LogP contribution in [0.3, 0.4) is 0 Å². The highest BCUT2D eigenvalue weighted by atomic mass is 32.2. The molecule has 0 radical (unpaired) electrons. The maximum atomic E-state index is 12.3. The number of hydrogen-bond donors (Lipinski definition) is 1. The second-order valence-corrected chi connectivity index (χ2v) is 9.83. The molecule has 2 aliphatic rings. The van der Waals surface area contributed by atoms with Crippen LogP contribution in [0.1, 0.15) is 12.0 Å². The second-order valence-electron chi connectivity index (χ2n) is 6.62. The summed E-state index contributed by atoms with van der Waals surface area (Å²) >= 11 is 1.66. The largest absolute Gasteiger partial charge is 0.331 e. The number of sulfone groups is 1. The first kappa shape index (κ1) is 17.8. The third kappa shape index (κ3) is 4.74. The number of carbonyl (C=O) groups is 1. The highest BCUT2D eigenvalue weighted by Gasteiger charge is 2.37. The average molecular weight is 370 g/mol. The first-order valence-electron chi connectivity index (χ1n) is 8.48. The maximum absolute atomic E-state index is 12.3. The van der Waals surface area contributed by atoms with Crippen molar-refractivity contribution < 1.29 is 18.1 Å². The van der Waals surface area contributed by atoms with Crippen molar-refractivity contribution in [3.05, 3.63) is 35.9 Å². The Labute approximate surface area is 148 Å². The normalized spacial score (nSPS) is 24.2. The van der Waals surface area contributed by atoms with Crippen molar-refractivity contribution in [1.29, 1.82) is 0 Å². The van der Waals surface area contributed by atoms with Crippen molar-refractivity contribution in [3.8, 4) is 0 Å². The lowest BCUT2D eigenvalue weighted by Gasteiger charge is -2.35. The number of hydrogen-bond acceptors (Lipinski definition) is 4. The van der Waals surface area contributed by atoms with Crippen molar-refractivity contribution in [3.63, 3.8) is 0 Å². The van der Waals surface area contributed by atoms with Gasteiger partial charge in [-0.05, 0) is 5.56 Å². The Hall–Kier alpha value is -1.05. The van der Waals surface area contributed by atoms with Crippen LogP contribution in [0.15, 0.2) is 30.3 Å². The van der Waals surface area contributed by atoms with Gasteiger partial charge in [0.2, 0.25) is 5.91 Å². The molecule has 0 spiro atoms. The second kappa shape index (κ2) is 7.89. The molecular weight excluding hydrogens is 344 g/mol. The zero-order valence-electron chi connectivity index (χ0n) is 13.8. The van der Waals surface area contributed by atoms with Crippen LogP contribution in [-0.2, 0) is 20.4 Å². The molecule has 2 heterocycles. The fraction of sp³-hybridized carbons (Fsp3) is 0.588. The zero-order valence-corrected chi connectivity index (χ0v) is 15.4. The number of thioether (sulfide) groups is 1. The summed E-state index contributed by atoms with van der Waals surface area (Å²) in [5.74, 6) is 2.23. The van der Waals surface area contributed by atoms with Crippen LogP contribution in [0.25, 0.3) is 0 Å². The van der Waals surface area contributed by atoms with E-state index in [1.54, 1.807) is 11.8 Å². The quantitative estimate of drug-likeness (QED) is 0.783. The number of rotatable bonds is 5. The molecule has 24 heavy (non-hydrogen) atoms. The third-order valence-corrected chi connectivity index (χ3v) is 7.66. The van der Waals surface area contributed by atoms with Gasteiger partial charge in [0.1, 0.15) is 11.8 Å². The molecule has 2 aliphatic heterocycles. The number of nitrogens with zero attached hydrogens (tertiary/aromatic N) is 1. The third-order valence-electron chi connectivity index (χ3n) is 4.91. The summed E-state index contributed by atoms with van der Waals surface area (Å²) in [4.78, 5) is 15.6. The number of amides is 1. The van der Waals surface area contributed by atoms with Crippen molar-refractivity contribution in [1.82, 2.24) is 4.90 Å². The first-order valence-corrected chi connectivity index (χ1v) is 11.5. The summed E-state index contributed by atoms with van der Waals surface area (Å²) < 4.78 is 23.2. The minimum absolute atomic E-state index is 0.203. The molecule has 0 saturated carbocycles. The molecule has 0 aliphatic carbocycles. The van der Waals surface area contributed by atoms with E-state index >= 15 is 0 Å². The lowest BCUT2D eigenvalue weighted by Crippen LogP contribution is -3.18. The molecule has 0 aromatic heterocycles. The summed E-state index contributed by atoms with van der Waals surface area (Å²) in [7, 11) is -2.82. The molecule has 3 rings (SSSR count). The van der Waals surface area contributed by atoms with Crippen LogP contribution in [0.4, 0.5) is 0 Å². The van der Waals surface area contributed by atoms with E-state index in [-0.39, 0.29) is 11.9 Å². The summed E-state index contributed by atoms with van der Waals surface area (Å²) in [5.41, 5.74) is 1.24. The fourth-order valence-corrected chi connectivity index (χ4v) is 6.20. The first-order chi connectivity index (χ1) is 11.5. The predicted molar refractivity (Wildman–Crippen MR) is 96.9 cm³/mol. The van der Waals surface area contributed by atoms with Gasteiger partial charge in [0.05, 0.1) is 37.7 Å². The minimum atomic E-state index is -2.82. The lowest BCUT2D eigenvalue weighted by molar-refractivity contribution is -0.925. The Morgan fingerprint density at radius 1 is 1.21 bits per heavy atom. The van der Waals surface area contributed by atoms with Gasteiger partial charge in [-0.15, -0.1) is 11.8 Å². The molecular formula is C17H25N2O3S2+. The molecule has 1 atom stereocenters. The highest BCUT2D eigenvalue weighted by Crippen LogP contribution is 2.13. The van der Waals surface area contributed by atoms with Gasteiger partial charge in [-0.1, -0.05) is 30.3 Å². The molecule has 0 bridgehead atoms. The smallest absolute Gasteiger partial charge is 0.232 e. The van der Waals surface area contributed by atoms with Crippen molar-refractivity contribution in [2.24, 2.45) is 0 Å². The van der Waals surface area contributed by atoms with Crippen molar-refractivity contribution in [2.45, 2.75) is 18.2 Å². The lowest BCUT2D eigenvalue weighted by atomic mass is 10.2. The van der Waals surface area contributed by atoms with Crippen LogP contribution in [0.2, 0.25) is 0 Å². The minimum Gasteiger partial charge on any atom is -0.331 e. The van der Waals surface area contributed by atoms with Gasteiger partial charge in [-0.3, -0.25) is 4.79 Å². The Kier molecular flexibility index (Phi) is 5.84. The van der Waals surface area contributed by atoms with Gasteiger partial charge in [0.25, 0.3) is 0 Å². The molecule has 7 heteroatoms. The summed E-state index contributed by atoms with van der Waals surface area (Å²) in [6, 6.07) is 10.4. The van der Waals surface area contributed by atoms with Crippen LogP contribution in [0, 0.1) is 0 Å². The number of carbonyl (C=O) groups excluding carboxylic acids is 1. The van der Waals surface area contributed by atoms with Gasteiger partial charge in [-0.2, -0.15) is 0 Å². The Morgan fingerprint density at radius 3 is 2.54 bits per heavy atom. The van der Waals surface area contributed by atoms with E-state index < -0.39 is 9.84 Å². The van der Waals surface area contributed by atoms with E-state index in [9.17, 15) is 13.2 Å². The monoisotopic (exact) mass is 369 g/mol. The summed E-state index contributed by atoms with van der Waals surface area (Å²) in [6.07, 6.45) is 0.776. The van der Waals surface area contributed by atoms with Crippen molar-refractivity contribution >= 4 is 27.5 Å². The molecule has 0 unspecified atom stereocenters. The van der Waals surface area contributed by atoms with Gasteiger partial charge < -0.3 is 9.80 Å². The van der Waals surface area contributed by atoms with Crippen LogP contribution in [-0.4, -0.2) is 68.7 Å². The van der Waals surface area contributed by atoms with Crippen LogP contribution in [0.5, 0.6) is 0 Å². The molecule has 2 saturated heterocycles. The van der Waals surface area contributed by atoms with E-state index in [1.165, 1.54) is 10.5 Å². The molecule has 1 N–H and O–H groups in total. The zero-order chi connectivity index (χ0) is 17.0. The topological polar surface area (TPSA) is 58.9 Å². The SMILES string of the molecule is O=C(CSCc1ccccc1)N1CC[NH+]([C@H]2CCS(=O)(=O)C2)CC1. The highest BCUT2D eigenvalue weighted by molar-refractivity contribution is 7.99. The number of nitrogens with one attached hydrogen (secondary N) is 1. The number of piperazine rings is 1. The Balaban J connectivity index is 1.39. The molecule has 1 aromatic carbocycles. The van der Waals surface area contributed by atoms with E-state index in [0.29, 0.717) is 17.3 Å². The number of quaternary nitrogens is 1. The molecule has 1 aromatic rings. The number of benzene rings is 1.